The van der Waals surface area contributed by atoms with Crippen molar-refractivity contribution in [3.05, 3.63) is 71.8 Å². The van der Waals surface area contributed by atoms with Crippen molar-refractivity contribution in [2.45, 2.75) is 4.90 Å². The molecular formula is C16H15ClN2O3S. The number of nitrogens with one attached hydrogen (secondary N) is 1. The number of nitrogens with zero attached hydrogens (tertiary/aromatic N) is 1. The Hall–Kier alpha value is -2.31. The van der Waals surface area contributed by atoms with Crippen LogP contribution < -0.4 is 9.57 Å². The van der Waals surface area contributed by atoms with Gasteiger partial charge in [0.25, 0.3) is 10.0 Å². The maximum atomic E-state index is 12.1. The Morgan fingerprint density at radius 1 is 1.17 bits per heavy atom. The molecule has 0 unspecified atom stereocenters. The van der Waals surface area contributed by atoms with Gasteiger partial charge in [-0.2, -0.15) is 13.5 Å². The van der Waals surface area contributed by atoms with Gasteiger partial charge in [-0.25, -0.2) is 4.83 Å². The lowest BCUT2D eigenvalue weighted by Crippen LogP contribution is -2.18. The topological polar surface area (TPSA) is 67.8 Å². The quantitative estimate of drug-likeness (QED) is 0.473. The van der Waals surface area contributed by atoms with Crippen LogP contribution in [0.15, 0.2) is 71.2 Å². The molecule has 23 heavy (non-hydrogen) atoms. The smallest absolute Gasteiger partial charge is 0.276 e. The first-order valence-electron chi connectivity index (χ1n) is 6.66. The van der Waals surface area contributed by atoms with E-state index in [0.29, 0.717) is 22.9 Å². The highest BCUT2D eigenvalue weighted by atomic mass is 35.5. The van der Waals surface area contributed by atoms with Gasteiger partial charge in [0.1, 0.15) is 12.4 Å². The number of hydrazone groups is 1. The molecule has 0 amide bonds. The Labute approximate surface area is 140 Å². The lowest BCUT2D eigenvalue weighted by Gasteiger charge is -2.06. The predicted octanol–water partition coefficient (Wildman–Crippen LogP) is 3.22. The van der Waals surface area contributed by atoms with E-state index in [0.717, 1.165) is 0 Å². The molecule has 0 fully saturated rings. The van der Waals surface area contributed by atoms with Crippen LogP contribution in [0.3, 0.4) is 0 Å². The average Bonchev–Trinajstić information content (AvgIpc) is 2.54. The Balaban J connectivity index is 2.12. The first-order chi connectivity index (χ1) is 11.0. The largest absolute Gasteiger partial charge is 0.489 e. The van der Waals surface area contributed by atoms with Gasteiger partial charge in [0.05, 0.1) is 11.1 Å². The number of hydrogen-bond donors (Lipinski definition) is 1. The fraction of sp³-hybridized carbons (Fsp3) is 0.0625. The molecule has 1 N–H and O–H groups in total. The number of rotatable bonds is 7. The van der Waals surface area contributed by atoms with Crippen LogP contribution in [0.25, 0.3) is 0 Å². The van der Waals surface area contributed by atoms with Gasteiger partial charge in [-0.15, -0.1) is 0 Å². The SMILES string of the molecule is C=CCOc1ccccc1/C=N/NS(=O)(=O)c1ccc(Cl)cc1. The second-order valence-electron chi connectivity index (χ2n) is 4.44. The number of benzene rings is 2. The zero-order valence-electron chi connectivity index (χ0n) is 12.1. The van der Waals surface area contributed by atoms with Crippen molar-refractivity contribution in [2.24, 2.45) is 5.10 Å². The summed E-state index contributed by atoms with van der Waals surface area (Å²) in [4.78, 5) is 2.23. The maximum Gasteiger partial charge on any atom is 0.276 e. The number of para-hydroxylation sites is 1. The van der Waals surface area contributed by atoms with Gasteiger partial charge in [-0.1, -0.05) is 36.4 Å². The van der Waals surface area contributed by atoms with E-state index in [4.69, 9.17) is 16.3 Å². The maximum absolute atomic E-state index is 12.1. The fourth-order valence-corrected chi connectivity index (χ4v) is 2.62. The predicted molar refractivity (Wildman–Crippen MR) is 91.5 cm³/mol. The van der Waals surface area contributed by atoms with Gasteiger partial charge >= 0.3 is 0 Å². The molecule has 7 heteroatoms. The van der Waals surface area contributed by atoms with Gasteiger partial charge in [0, 0.05) is 10.6 Å². The van der Waals surface area contributed by atoms with Crippen molar-refractivity contribution in [1.82, 2.24) is 4.83 Å². The minimum Gasteiger partial charge on any atom is -0.489 e. The third-order valence-electron chi connectivity index (χ3n) is 2.78. The Morgan fingerprint density at radius 3 is 2.57 bits per heavy atom. The summed E-state index contributed by atoms with van der Waals surface area (Å²) >= 11 is 5.74. The third kappa shape index (κ3) is 4.84. The molecule has 0 spiro atoms. The molecule has 0 saturated heterocycles. The number of ether oxygens (including phenoxy) is 1. The van der Waals surface area contributed by atoms with Crippen LogP contribution in [0.4, 0.5) is 0 Å². The van der Waals surface area contributed by atoms with Crippen LogP contribution in [-0.4, -0.2) is 21.2 Å². The van der Waals surface area contributed by atoms with Crippen molar-refractivity contribution in [3.8, 4) is 5.75 Å². The van der Waals surface area contributed by atoms with Crippen molar-refractivity contribution >= 4 is 27.8 Å². The highest BCUT2D eigenvalue weighted by molar-refractivity contribution is 7.89. The molecular weight excluding hydrogens is 336 g/mol. The summed E-state index contributed by atoms with van der Waals surface area (Å²) in [7, 11) is -3.74. The molecule has 0 atom stereocenters. The molecule has 0 bridgehead atoms. The summed E-state index contributed by atoms with van der Waals surface area (Å²) in [5.74, 6) is 0.585. The second-order valence-corrected chi connectivity index (χ2v) is 6.54. The van der Waals surface area contributed by atoms with E-state index in [1.165, 1.54) is 30.5 Å². The van der Waals surface area contributed by atoms with Crippen LogP contribution in [0, 0.1) is 0 Å². The Morgan fingerprint density at radius 2 is 1.87 bits per heavy atom. The van der Waals surface area contributed by atoms with E-state index in [-0.39, 0.29) is 4.90 Å². The van der Waals surface area contributed by atoms with E-state index < -0.39 is 10.0 Å². The molecule has 0 aliphatic heterocycles. The number of sulfonamides is 1. The summed E-state index contributed by atoms with van der Waals surface area (Å²) in [6.45, 7) is 3.93. The van der Waals surface area contributed by atoms with Gasteiger partial charge in [0.15, 0.2) is 0 Å². The lowest BCUT2D eigenvalue weighted by molar-refractivity contribution is 0.362. The number of hydrogen-bond acceptors (Lipinski definition) is 4. The zero-order chi connectivity index (χ0) is 16.7. The molecule has 0 aliphatic rings. The van der Waals surface area contributed by atoms with Gasteiger partial charge in [0.2, 0.25) is 0 Å². The Kier molecular flexibility index (Phi) is 5.78. The molecule has 0 radical (unpaired) electrons. The van der Waals surface area contributed by atoms with Crippen molar-refractivity contribution in [1.29, 1.82) is 0 Å². The lowest BCUT2D eigenvalue weighted by atomic mass is 10.2. The fourth-order valence-electron chi connectivity index (χ4n) is 1.70. The highest BCUT2D eigenvalue weighted by Crippen LogP contribution is 2.16. The van der Waals surface area contributed by atoms with Crippen molar-refractivity contribution in [2.75, 3.05) is 6.61 Å². The van der Waals surface area contributed by atoms with E-state index in [1.54, 1.807) is 24.3 Å². The molecule has 2 aromatic rings. The van der Waals surface area contributed by atoms with Gasteiger partial charge in [-0.05, 0) is 36.4 Å². The first-order valence-corrected chi connectivity index (χ1v) is 8.52. The molecule has 2 rings (SSSR count). The molecule has 2 aromatic carbocycles. The average molecular weight is 351 g/mol. The molecule has 0 aromatic heterocycles. The standard InChI is InChI=1S/C16H15ClN2O3S/c1-2-11-22-16-6-4-3-5-13(16)12-18-19-23(20,21)15-9-7-14(17)8-10-15/h2-10,12,19H,1,11H2/b18-12+. The minimum absolute atomic E-state index is 0.0789. The summed E-state index contributed by atoms with van der Waals surface area (Å²) in [5.41, 5.74) is 0.646. The summed E-state index contributed by atoms with van der Waals surface area (Å²) in [5, 5.41) is 4.24. The van der Waals surface area contributed by atoms with Crippen LogP contribution in [0.5, 0.6) is 5.75 Å². The van der Waals surface area contributed by atoms with Gasteiger partial charge < -0.3 is 4.74 Å². The minimum atomic E-state index is -3.74. The van der Waals surface area contributed by atoms with E-state index in [2.05, 4.69) is 16.5 Å². The Bertz CT molecular complexity index is 802. The summed E-state index contributed by atoms with van der Waals surface area (Å²) < 4.78 is 29.6. The van der Waals surface area contributed by atoms with Crippen LogP contribution >= 0.6 is 11.6 Å². The molecule has 5 nitrogen and oxygen atoms in total. The molecule has 0 heterocycles. The molecule has 0 aliphatic carbocycles. The normalized spacial score (nSPS) is 11.3. The van der Waals surface area contributed by atoms with E-state index >= 15 is 0 Å². The van der Waals surface area contributed by atoms with E-state index in [1.807, 2.05) is 6.07 Å². The molecule has 0 saturated carbocycles. The highest BCUT2D eigenvalue weighted by Gasteiger charge is 2.12. The van der Waals surface area contributed by atoms with Crippen molar-refractivity contribution < 1.29 is 13.2 Å². The van der Waals surface area contributed by atoms with Gasteiger partial charge in [-0.3, -0.25) is 0 Å². The van der Waals surface area contributed by atoms with Crippen LogP contribution in [-0.2, 0) is 10.0 Å². The summed E-state index contributed by atoms with van der Waals surface area (Å²) in [6, 6.07) is 12.9. The first kappa shape index (κ1) is 17.1. The van der Waals surface area contributed by atoms with Crippen LogP contribution in [0.1, 0.15) is 5.56 Å². The second kappa shape index (κ2) is 7.80. The monoisotopic (exact) mass is 350 g/mol. The third-order valence-corrected chi connectivity index (χ3v) is 4.27. The number of halogens is 1. The summed E-state index contributed by atoms with van der Waals surface area (Å²) in [6.07, 6.45) is 3.00. The molecule has 120 valence electrons. The van der Waals surface area contributed by atoms with E-state index in [9.17, 15) is 8.42 Å². The zero-order valence-corrected chi connectivity index (χ0v) is 13.7. The van der Waals surface area contributed by atoms with Crippen LogP contribution in [0.2, 0.25) is 5.02 Å². The van der Waals surface area contributed by atoms with Crippen molar-refractivity contribution in [3.63, 3.8) is 0 Å².